The average molecular weight is 369 g/mol. The number of ether oxygens (including phenoxy) is 2. The maximum absolute atomic E-state index is 13.3. The number of hydrogen-bond donors (Lipinski definition) is 1. The summed E-state index contributed by atoms with van der Waals surface area (Å²) in [6.45, 7) is 0. The number of carbonyl (C=O) groups is 1. The zero-order valence-electron chi connectivity index (χ0n) is 15.3. The van der Waals surface area contributed by atoms with Crippen LogP contribution in [-0.4, -0.2) is 29.7 Å². The molecule has 1 N–H and O–H groups in total. The zero-order chi connectivity index (χ0) is 19.4. The lowest BCUT2D eigenvalue weighted by molar-refractivity contribution is 0.0940. The zero-order valence-corrected chi connectivity index (χ0v) is 15.3. The summed E-state index contributed by atoms with van der Waals surface area (Å²) >= 11 is 0. The number of aryl methyl sites for hydroxylation is 1. The summed E-state index contributed by atoms with van der Waals surface area (Å²) in [4.78, 5) is 17.2. The van der Waals surface area contributed by atoms with Crippen LogP contribution in [0.3, 0.4) is 0 Å². The fourth-order valence-electron chi connectivity index (χ4n) is 2.76. The molecule has 3 rings (SSSR count). The quantitative estimate of drug-likeness (QED) is 0.725. The van der Waals surface area contributed by atoms with Gasteiger partial charge in [0.2, 0.25) is 0 Å². The van der Waals surface area contributed by atoms with E-state index in [0.29, 0.717) is 28.5 Å². The fourth-order valence-corrected chi connectivity index (χ4v) is 2.76. The Kier molecular flexibility index (Phi) is 5.40. The van der Waals surface area contributed by atoms with Crippen molar-refractivity contribution in [1.82, 2.24) is 14.9 Å². The van der Waals surface area contributed by atoms with Crippen molar-refractivity contribution in [2.45, 2.75) is 6.04 Å². The Hall–Kier alpha value is -3.35. The first-order valence-electron chi connectivity index (χ1n) is 8.28. The van der Waals surface area contributed by atoms with Crippen LogP contribution in [0.2, 0.25) is 0 Å². The van der Waals surface area contributed by atoms with E-state index in [0.717, 1.165) is 0 Å². The molecule has 2 aromatic carbocycles. The van der Waals surface area contributed by atoms with Crippen molar-refractivity contribution in [3.63, 3.8) is 0 Å². The molecule has 140 valence electrons. The van der Waals surface area contributed by atoms with Crippen molar-refractivity contribution in [3.05, 3.63) is 77.6 Å². The van der Waals surface area contributed by atoms with Gasteiger partial charge in [-0.3, -0.25) is 4.79 Å². The SMILES string of the molecule is COc1cc(OC)cc(C(=O)NC(c2ccc(F)cc2)c2nccn2C)c1. The molecule has 0 saturated heterocycles. The van der Waals surface area contributed by atoms with Gasteiger partial charge in [-0.15, -0.1) is 0 Å². The van der Waals surface area contributed by atoms with E-state index in [1.54, 1.807) is 47.3 Å². The highest BCUT2D eigenvalue weighted by atomic mass is 19.1. The van der Waals surface area contributed by atoms with Crippen molar-refractivity contribution in [1.29, 1.82) is 0 Å². The van der Waals surface area contributed by atoms with Crippen LogP contribution in [0.4, 0.5) is 4.39 Å². The molecule has 27 heavy (non-hydrogen) atoms. The molecule has 0 saturated carbocycles. The number of imidazole rings is 1. The third kappa shape index (κ3) is 4.08. The molecule has 0 fully saturated rings. The number of amides is 1. The molecular formula is C20H20FN3O3. The number of halogens is 1. The molecule has 6 nitrogen and oxygen atoms in total. The summed E-state index contributed by atoms with van der Waals surface area (Å²) in [5, 5.41) is 2.96. The second-order valence-electron chi connectivity index (χ2n) is 5.96. The highest BCUT2D eigenvalue weighted by molar-refractivity contribution is 5.95. The first-order valence-corrected chi connectivity index (χ1v) is 8.28. The second-order valence-corrected chi connectivity index (χ2v) is 5.96. The van der Waals surface area contributed by atoms with Crippen LogP contribution < -0.4 is 14.8 Å². The minimum atomic E-state index is -0.546. The van der Waals surface area contributed by atoms with Crippen LogP contribution in [-0.2, 0) is 7.05 Å². The molecule has 0 aliphatic heterocycles. The van der Waals surface area contributed by atoms with E-state index in [2.05, 4.69) is 10.3 Å². The third-order valence-corrected chi connectivity index (χ3v) is 4.21. The predicted molar refractivity (Wildman–Crippen MR) is 98.5 cm³/mol. The van der Waals surface area contributed by atoms with Crippen LogP contribution in [0, 0.1) is 5.82 Å². The van der Waals surface area contributed by atoms with Crippen molar-refractivity contribution < 1.29 is 18.7 Å². The number of methoxy groups -OCH3 is 2. The van der Waals surface area contributed by atoms with Crippen molar-refractivity contribution >= 4 is 5.91 Å². The summed E-state index contributed by atoms with van der Waals surface area (Å²) in [6, 6.07) is 10.3. The minimum Gasteiger partial charge on any atom is -0.497 e. The van der Waals surface area contributed by atoms with E-state index in [4.69, 9.17) is 9.47 Å². The van der Waals surface area contributed by atoms with Gasteiger partial charge >= 0.3 is 0 Å². The van der Waals surface area contributed by atoms with E-state index in [1.807, 2.05) is 7.05 Å². The van der Waals surface area contributed by atoms with Gasteiger partial charge in [-0.25, -0.2) is 9.37 Å². The Morgan fingerprint density at radius 1 is 1.11 bits per heavy atom. The molecule has 0 aliphatic rings. The summed E-state index contributed by atoms with van der Waals surface area (Å²) in [6.07, 6.45) is 3.43. The summed E-state index contributed by atoms with van der Waals surface area (Å²) in [7, 11) is 4.87. The Morgan fingerprint density at radius 2 is 1.74 bits per heavy atom. The van der Waals surface area contributed by atoms with Gasteiger partial charge in [0.25, 0.3) is 5.91 Å². The molecule has 7 heteroatoms. The number of hydrogen-bond acceptors (Lipinski definition) is 4. The van der Waals surface area contributed by atoms with Crippen LogP contribution in [0.15, 0.2) is 54.9 Å². The maximum atomic E-state index is 13.3. The minimum absolute atomic E-state index is 0.329. The van der Waals surface area contributed by atoms with Gasteiger partial charge in [-0.1, -0.05) is 12.1 Å². The largest absolute Gasteiger partial charge is 0.497 e. The molecular weight excluding hydrogens is 349 g/mol. The molecule has 3 aromatic rings. The molecule has 1 atom stereocenters. The van der Waals surface area contributed by atoms with Crippen molar-refractivity contribution in [3.8, 4) is 11.5 Å². The smallest absolute Gasteiger partial charge is 0.252 e. The van der Waals surface area contributed by atoms with Gasteiger partial charge in [0.15, 0.2) is 0 Å². The van der Waals surface area contributed by atoms with Crippen LogP contribution in [0.5, 0.6) is 11.5 Å². The van der Waals surface area contributed by atoms with E-state index < -0.39 is 6.04 Å². The van der Waals surface area contributed by atoms with Gasteiger partial charge in [-0.05, 0) is 29.8 Å². The molecule has 1 unspecified atom stereocenters. The van der Waals surface area contributed by atoms with E-state index in [9.17, 15) is 9.18 Å². The van der Waals surface area contributed by atoms with Gasteiger partial charge in [0.1, 0.15) is 29.2 Å². The van der Waals surface area contributed by atoms with Gasteiger partial charge in [-0.2, -0.15) is 0 Å². The van der Waals surface area contributed by atoms with Crippen LogP contribution in [0.25, 0.3) is 0 Å². The first-order chi connectivity index (χ1) is 13.0. The number of nitrogens with zero attached hydrogens (tertiary/aromatic N) is 2. The Labute approximate surface area is 156 Å². The fraction of sp³-hybridized carbons (Fsp3) is 0.200. The number of rotatable bonds is 6. The monoisotopic (exact) mass is 369 g/mol. The van der Waals surface area contributed by atoms with Gasteiger partial charge in [0.05, 0.1) is 14.2 Å². The standard InChI is InChI=1S/C20H20FN3O3/c1-24-9-8-22-19(24)18(13-4-6-15(21)7-5-13)23-20(25)14-10-16(26-2)12-17(11-14)27-3/h4-12,18H,1-3H3,(H,23,25). The third-order valence-electron chi connectivity index (χ3n) is 4.21. The molecule has 1 aromatic heterocycles. The maximum Gasteiger partial charge on any atom is 0.252 e. The van der Waals surface area contributed by atoms with Crippen molar-refractivity contribution in [2.75, 3.05) is 14.2 Å². The number of aromatic nitrogens is 2. The van der Waals surface area contributed by atoms with E-state index in [1.165, 1.54) is 26.4 Å². The highest BCUT2D eigenvalue weighted by Gasteiger charge is 2.22. The number of nitrogens with one attached hydrogen (secondary N) is 1. The summed E-state index contributed by atoms with van der Waals surface area (Å²) in [5.41, 5.74) is 1.10. The molecule has 0 aliphatic carbocycles. The van der Waals surface area contributed by atoms with Gasteiger partial charge < -0.3 is 19.4 Å². The average Bonchev–Trinajstić information content (AvgIpc) is 3.11. The summed E-state index contributed by atoms with van der Waals surface area (Å²) < 4.78 is 25.6. The molecule has 0 radical (unpaired) electrons. The van der Waals surface area contributed by atoms with Crippen molar-refractivity contribution in [2.24, 2.45) is 7.05 Å². The lowest BCUT2D eigenvalue weighted by Gasteiger charge is -2.19. The van der Waals surface area contributed by atoms with Gasteiger partial charge in [0, 0.05) is 31.1 Å². The molecule has 0 bridgehead atoms. The number of benzene rings is 2. The van der Waals surface area contributed by atoms with Crippen LogP contribution in [0.1, 0.15) is 27.8 Å². The molecule has 1 amide bonds. The van der Waals surface area contributed by atoms with E-state index >= 15 is 0 Å². The molecule has 0 spiro atoms. The lowest BCUT2D eigenvalue weighted by Crippen LogP contribution is -2.31. The normalized spacial score (nSPS) is 11.7. The topological polar surface area (TPSA) is 65.4 Å². The van der Waals surface area contributed by atoms with E-state index in [-0.39, 0.29) is 11.7 Å². The highest BCUT2D eigenvalue weighted by Crippen LogP contribution is 2.25. The number of carbonyl (C=O) groups excluding carboxylic acids is 1. The Balaban J connectivity index is 1.96. The first kappa shape index (κ1) is 18.4. The Morgan fingerprint density at radius 3 is 2.26 bits per heavy atom. The molecule has 1 heterocycles. The second kappa shape index (κ2) is 7.90. The summed E-state index contributed by atoms with van der Waals surface area (Å²) in [5.74, 6) is 0.972. The Bertz CT molecular complexity index is 916. The van der Waals surface area contributed by atoms with Crippen LogP contribution >= 0.6 is 0 Å². The lowest BCUT2D eigenvalue weighted by atomic mass is 10.0. The predicted octanol–water partition coefficient (Wildman–Crippen LogP) is 3.10.